The van der Waals surface area contributed by atoms with E-state index < -0.39 is 0 Å². The number of aromatic nitrogens is 3. The number of anilines is 1. The van der Waals surface area contributed by atoms with Crippen LogP contribution in [0, 0.1) is 0 Å². The first-order valence-electron chi connectivity index (χ1n) is 8.79. The molecule has 1 N–H and O–H groups in total. The van der Waals surface area contributed by atoms with Crippen LogP contribution >= 0.6 is 11.3 Å². The van der Waals surface area contributed by atoms with Gasteiger partial charge in [-0.2, -0.15) is 0 Å². The lowest BCUT2D eigenvalue weighted by Gasteiger charge is -2.13. The van der Waals surface area contributed by atoms with Crippen molar-refractivity contribution in [1.82, 2.24) is 15.0 Å². The Morgan fingerprint density at radius 3 is 3.00 bits per heavy atom. The Bertz CT molecular complexity index is 940. The van der Waals surface area contributed by atoms with Crippen molar-refractivity contribution in [3.63, 3.8) is 0 Å². The Hall–Kier alpha value is -2.54. The third kappa shape index (κ3) is 3.26. The zero-order chi connectivity index (χ0) is 17.9. The molecule has 0 saturated carbocycles. The normalized spacial score (nSPS) is 13.4. The van der Waals surface area contributed by atoms with E-state index in [1.807, 2.05) is 12.1 Å². The van der Waals surface area contributed by atoms with Crippen LogP contribution in [0.5, 0.6) is 0 Å². The van der Waals surface area contributed by atoms with Crippen molar-refractivity contribution in [2.75, 3.05) is 19.0 Å². The third-order valence-electron chi connectivity index (χ3n) is 4.58. The first-order chi connectivity index (χ1) is 12.8. The number of nitrogens with zero attached hydrogens (tertiary/aromatic N) is 3. The van der Waals surface area contributed by atoms with Crippen LogP contribution in [-0.4, -0.2) is 34.6 Å². The van der Waals surface area contributed by atoms with E-state index >= 15 is 0 Å². The zero-order valence-corrected chi connectivity index (χ0v) is 15.4. The van der Waals surface area contributed by atoms with Crippen LogP contribution in [0.1, 0.15) is 29.7 Å². The molecule has 0 fully saturated rings. The Morgan fingerprint density at radius 1 is 1.31 bits per heavy atom. The molecule has 0 bridgehead atoms. The Morgan fingerprint density at radius 2 is 2.19 bits per heavy atom. The maximum absolute atomic E-state index is 11.4. The average Bonchev–Trinajstić information content (AvgIpc) is 3.07. The summed E-state index contributed by atoms with van der Waals surface area (Å²) < 4.78 is 4.73. The molecule has 0 saturated heterocycles. The summed E-state index contributed by atoms with van der Waals surface area (Å²) in [5.41, 5.74) is 2.26. The number of rotatable bonds is 5. The number of fused-ring (bicyclic) bond motifs is 3. The maximum Gasteiger partial charge on any atom is 0.307 e. The molecule has 0 atom stereocenters. The van der Waals surface area contributed by atoms with Crippen LogP contribution in [0.2, 0.25) is 0 Å². The molecule has 0 aromatic carbocycles. The molecular formula is C19H20N4O2S. The fourth-order valence-corrected chi connectivity index (χ4v) is 4.56. The van der Waals surface area contributed by atoms with E-state index in [9.17, 15) is 4.79 Å². The van der Waals surface area contributed by atoms with Gasteiger partial charge in [0.1, 0.15) is 10.6 Å². The van der Waals surface area contributed by atoms with Gasteiger partial charge in [0, 0.05) is 29.4 Å². The standard InChI is InChI=1S/C19H20N4O2S/c1-25-15(24)8-10-21-18-16-13-6-2-3-7-14(13)26-19(16)23-17(22-18)12-5-4-9-20-11-12/h4-5,9,11H,2-3,6-8,10H2,1H3,(H,21,22,23). The maximum atomic E-state index is 11.4. The first-order valence-corrected chi connectivity index (χ1v) is 9.61. The lowest BCUT2D eigenvalue weighted by molar-refractivity contribution is -0.140. The topological polar surface area (TPSA) is 77.0 Å². The summed E-state index contributed by atoms with van der Waals surface area (Å²) in [5, 5.41) is 4.45. The summed E-state index contributed by atoms with van der Waals surface area (Å²) in [4.78, 5) is 27.6. The summed E-state index contributed by atoms with van der Waals surface area (Å²) in [7, 11) is 1.40. The molecule has 7 heteroatoms. The van der Waals surface area contributed by atoms with E-state index in [4.69, 9.17) is 14.7 Å². The highest BCUT2D eigenvalue weighted by Crippen LogP contribution is 2.39. The SMILES string of the molecule is COC(=O)CCNc1nc(-c2cccnc2)nc2sc3c(c12)CCCC3. The molecule has 0 amide bonds. The van der Waals surface area contributed by atoms with Gasteiger partial charge < -0.3 is 10.1 Å². The quantitative estimate of drug-likeness (QED) is 0.693. The third-order valence-corrected chi connectivity index (χ3v) is 5.77. The lowest BCUT2D eigenvalue weighted by atomic mass is 9.97. The van der Waals surface area contributed by atoms with E-state index in [1.165, 1.54) is 30.4 Å². The van der Waals surface area contributed by atoms with Gasteiger partial charge in [-0.1, -0.05) is 0 Å². The molecule has 6 nitrogen and oxygen atoms in total. The van der Waals surface area contributed by atoms with Crippen molar-refractivity contribution in [2.24, 2.45) is 0 Å². The van der Waals surface area contributed by atoms with Crippen LogP contribution in [0.25, 0.3) is 21.6 Å². The fourth-order valence-electron chi connectivity index (χ4n) is 3.29. The predicted octanol–water partition coefficient (Wildman–Crippen LogP) is 3.61. The number of carbonyl (C=O) groups is 1. The number of methoxy groups -OCH3 is 1. The van der Waals surface area contributed by atoms with Gasteiger partial charge in [0.15, 0.2) is 5.82 Å². The van der Waals surface area contributed by atoms with E-state index in [1.54, 1.807) is 23.7 Å². The van der Waals surface area contributed by atoms with Crippen molar-refractivity contribution in [1.29, 1.82) is 0 Å². The number of thiophene rings is 1. The average molecular weight is 368 g/mol. The molecule has 0 spiro atoms. The van der Waals surface area contributed by atoms with Crippen LogP contribution in [-0.2, 0) is 22.4 Å². The van der Waals surface area contributed by atoms with Gasteiger partial charge in [-0.25, -0.2) is 9.97 Å². The number of aryl methyl sites for hydroxylation is 2. The van der Waals surface area contributed by atoms with E-state index in [-0.39, 0.29) is 5.97 Å². The molecule has 0 radical (unpaired) electrons. The number of pyridine rings is 1. The highest BCUT2D eigenvalue weighted by molar-refractivity contribution is 7.19. The predicted molar refractivity (Wildman–Crippen MR) is 102 cm³/mol. The second-order valence-corrected chi connectivity index (χ2v) is 7.37. The van der Waals surface area contributed by atoms with Gasteiger partial charge in [-0.05, 0) is 43.4 Å². The van der Waals surface area contributed by atoms with E-state index in [0.717, 1.165) is 34.4 Å². The van der Waals surface area contributed by atoms with Crippen LogP contribution in [0.15, 0.2) is 24.5 Å². The monoisotopic (exact) mass is 368 g/mol. The van der Waals surface area contributed by atoms with Gasteiger partial charge in [0.25, 0.3) is 0 Å². The summed E-state index contributed by atoms with van der Waals surface area (Å²) >= 11 is 1.76. The van der Waals surface area contributed by atoms with Crippen LogP contribution in [0.4, 0.5) is 5.82 Å². The van der Waals surface area contributed by atoms with Crippen molar-refractivity contribution >= 4 is 33.3 Å². The minimum absolute atomic E-state index is 0.234. The molecule has 1 aliphatic carbocycles. The molecule has 3 aromatic rings. The molecule has 0 unspecified atom stereocenters. The minimum Gasteiger partial charge on any atom is -0.469 e. The van der Waals surface area contributed by atoms with Crippen LogP contribution in [0.3, 0.4) is 0 Å². The first kappa shape index (κ1) is 16.9. The zero-order valence-electron chi connectivity index (χ0n) is 14.6. The smallest absolute Gasteiger partial charge is 0.307 e. The minimum atomic E-state index is -0.234. The second-order valence-electron chi connectivity index (χ2n) is 6.28. The number of hydrogen-bond donors (Lipinski definition) is 1. The molecule has 4 rings (SSSR count). The summed E-state index contributed by atoms with van der Waals surface area (Å²) in [6.45, 7) is 0.482. The van der Waals surface area contributed by atoms with Crippen LogP contribution < -0.4 is 5.32 Å². The van der Waals surface area contributed by atoms with Gasteiger partial charge >= 0.3 is 5.97 Å². The molecule has 0 aliphatic heterocycles. The second kappa shape index (κ2) is 7.37. The van der Waals surface area contributed by atoms with Crippen molar-refractivity contribution in [3.8, 4) is 11.4 Å². The molecular weight excluding hydrogens is 348 g/mol. The number of esters is 1. The highest BCUT2D eigenvalue weighted by atomic mass is 32.1. The summed E-state index contributed by atoms with van der Waals surface area (Å²) in [6.07, 6.45) is 8.42. The van der Waals surface area contributed by atoms with E-state index in [0.29, 0.717) is 18.8 Å². The number of nitrogens with one attached hydrogen (secondary N) is 1. The van der Waals surface area contributed by atoms with Gasteiger partial charge in [-0.15, -0.1) is 11.3 Å². The number of carbonyl (C=O) groups excluding carboxylic acids is 1. The Balaban J connectivity index is 1.77. The number of hydrogen-bond acceptors (Lipinski definition) is 7. The summed E-state index contributed by atoms with van der Waals surface area (Å²) in [6, 6.07) is 3.84. The largest absolute Gasteiger partial charge is 0.469 e. The van der Waals surface area contributed by atoms with Gasteiger partial charge in [0.2, 0.25) is 0 Å². The lowest BCUT2D eigenvalue weighted by Crippen LogP contribution is -2.11. The fraction of sp³-hybridized carbons (Fsp3) is 0.368. The Kier molecular flexibility index (Phi) is 4.79. The van der Waals surface area contributed by atoms with Crippen molar-refractivity contribution in [2.45, 2.75) is 32.1 Å². The number of ether oxygens (including phenoxy) is 1. The van der Waals surface area contributed by atoms with Crippen molar-refractivity contribution in [3.05, 3.63) is 35.0 Å². The molecule has 3 heterocycles. The molecule has 3 aromatic heterocycles. The van der Waals surface area contributed by atoms with Gasteiger partial charge in [0.05, 0.1) is 18.9 Å². The molecule has 1 aliphatic rings. The summed E-state index contributed by atoms with van der Waals surface area (Å²) in [5.74, 6) is 1.23. The molecule has 26 heavy (non-hydrogen) atoms. The molecule has 134 valence electrons. The Labute approximate surface area is 155 Å². The van der Waals surface area contributed by atoms with Crippen molar-refractivity contribution < 1.29 is 9.53 Å². The van der Waals surface area contributed by atoms with E-state index in [2.05, 4.69) is 10.3 Å². The van der Waals surface area contributed by atoms with Gasteiger partial charge in [-0.3, -0.25) is 9.78 Å². The highest BCUT2D eigenvalue weighted by Gasteiger charge is 2.21.